The van der Waals surface area contributed by atoms with Crippen LogP contribution in [0.3, 0.4) is 0 Å². The third-order valence-corrected chi connectivity index (χ3v) is 3.69. The van der Waals surface area contributed by atoms with Crippen molar-refractivity contribution >= 4 is 23.0 Å². The number of hydrogen-bond acceptors (Lipinski definition) is 3. The van der Waals surface area contributed by atoms with Gasteiger partial charge in [-0.15, -0.1) is 0 Å². The van der Waals surface area contributed by atoms with Gasteiger partial charge in [0.05, 0.1) is 17.8 Å². The average molecular weight is 305 g/mol. The minimum atomic E-state index is 0.746. The monoisotopic (exact) mass is 304 g/mol. The highest BCUT2D eigenvalue weighted by Crippen LogP contribution is 2.27. The number of anilines is 2. The lowest BCUT2D eigenvalue weighted by Gasteiger charge is -2.16. The Morgan fingerprint density at radius 2 is 1.90 bits per heavy atom. The maximum atomic E-state index is 6.27. The van der Waals surface area contributed by atoms with E-state index in [1.54, 1.807) is 7.11 Å². The second kappa shape index (κ2) is 6.72. The molecule has 0 heterocycles. The second-order valence-corrected chi connectivity index (χ2v) is 5.63. The van der Waals surface area contributed by atoms with Crippen LogP contribution in [0.25, 0.3) is 0 Å². The number of nitrogens with zero attached hydrogens (tertiary/aromatic N) is 1. The van der Waals surface area contributed by atoms with Crippen molar-refractivity contribution in [1.29, 1.82) is 0 Å². The van der Waals surface area contributed by atoms with Crippen molar-refractivity contribution in [1.82, 2.24) is 0 Å². The quantitative estimate of drug-likeness (QED) is 0.889. The van der Waals surface area contributed by atoms with E-state index < -0.39 is 0 Å². The van der Waals surface area contributed by atoms with Crippen LogP contribution in [0.4, 0.5) is 11.4 Å². The summed E-state index contributed by atoms with van der Waals surface area (Å²) in [5.41, 5.74) is 4.38. The zero-order valence-corrected chi connectivity index (χ0v) is 13.7. The number of rotatable bonds is 5. The summed E-state index contributed by atoms with van der Waals surface area (Å²) in [6, 6.07) is 12.2. The first-order valence-corrected chi connectivity index (χ1v) is 7.23. The van der Waals surface area contributed by atoms with Gasteiger partial charge in [-0.3, -0.25) is 0 Å². The van der Waals surface area contributed by atoms with Crippen LogP contribution in [-0.2, 0) is 6.54 Å². The molecular weight excluding hydrogens is 284 g/mol. The van der Waals surface area contributed by atoms with Gasteiger partial charge in [-0.05, 0) is 42.3 Å². The van der Waals surface area contributed by atoms with E-state index in [1.807, 2.05) is 50.2 Å². The van der Waals surface area contributed by atoms with Gasteiger partial charge in [0.25, 0.3) is 0 Å². The molecule has 3 nitrogen and oxygen atoms in total. The predicted octanol–water partition coefficient (Wildman–Crippen LogP) is 4.34. The summed E-state index contributed by atoms with van der Waals surface area (Å²) in [5.74, 6) is 0.914. The summed E-state index contributed by atoms with van der Waals surface area (Å²) in [4.78, 5) is 2.00. The lowest BCUT2D eigenvalue weighted by Crippen LogP contribution is -2.09. The van der Waals surface area contributed by atoms with Crippen LogP contribution < -0.4 is 15.0 Å². The lowest BCUT2D eigenvalue weighted by molar-refractivity contribution is 0.411. The maximum Gasteiger partial charge on any atom is 0.121 e. The standard InChI is InChI=1S/C17H21ClN2O/c1-12-9-13(5-8-17(12)21-4)11-19-14-6-7-16(20(2)3)15(18)10-14/h5-10,19H,11H2,1-4H3. The Morgan fingerprint density at radius 3 is 2.48 bits per heavy atom. The SMILES string of the molecule is COc1ccc(CNc2ccc(N(C)C)c(Cl)c2)cc1C. The highest BCUT2D eigenvalue weighted by atomic mass is 35.5. The number of methoxy groups -OCH3 is 1. The Labute approximate surface area is 131 Å². The molecule has 2 aromatic carbocycles. The van der Waals surface area contributed by atoms with E-state index in [0.717, 1.165) is 34.3 Å². The molecule has 0 aliphatic rings. The summed E-state index contributed by atoms with van der Waals surface area (Å²) < 4.78 is 5.27. The van der Waals surface area contributed by atoms with Crippen LogP contribution in [0.15, 0.2) is 36.4 Å². The lowest BCUT2D eigenvalue weighted by atomic mass is 10.1. The van der Waals surface area contributed by atoms with Crippen molar-refractivity contribution in [3.05, 3.63) is 52.5 Å². The fourth-order valence-electron chi connectivity index (χ4n) is 2.23. The predicted molar refractivity (Wildman–Crippen MR) is 90.8 cm³/mol. The zero-order valence-electron chi connectivity index (χ0n) is 12.9. The van der Waals surface area contributed by atoms with Crippen molar-refractivity contribution < 1.29 is 4.74 Å². The van der Waals surface area contributed by atoms with Crippen LogP contribution in [-0.4, -0.2) is 21.2 Å². The van der Waals surface area contributed by atoms with Crippen LogP contribution in [0, 0.1) is 6.92 Å². The van der Waals surface area contributed by atoms with Gasteiger partial charge < -0.3 is 15.0 Å². The van der Waals surface area contributed by atoms with Gasteiger partial charge >= 0.3 is 0 Å². The number of halogens is 1. The number of benzene rings is 2. The molecule has 1 N–H and O–H groups in total. The molecular formula is C17H21ClN2O. The molecule has 0 atom stereocenters. The Kier molecular flexibility index (Phi) is 4.97. The largest absolute Gasteiger partial charge is 0.496 e. The van der Waals surface area contributed by atoms with Crippen molar-refractivity contribution in [2.75, 3.05) is 31.4 Å². The molecule has 0 spiro atoms. The Bertz CT molecular complexity index is 626. The molecule has 112 valence electrons. The first-order chi connectivity index (χ1) is 10.0. The Hall–Kier alpha value is -1.87. The molecule has 0 amide bonds. The van der Waals surface area contributed by atoms with Gasteiger partial charge in [0.2, 0.25) is 0 Å². The molecule has 2 rings (SSSR count). The molecule has 0 aliphatic carbocycles. The van der Waals surface area contributed by atoms with E-state index in [1.165, 1.54) is 5.56 Å². The van der Waals surface area contributed by atoms with Gasteiger partial charge in [-0.1, -0.05) is 23.7 Å². The summed E-state index contributed by atoms with van der Waals surface area (Å²) in [7, 11) is 5.65. The van der Waals surface area contributed by atoms with Crippen molar-refractivity contribution in [2.24, 2.45) is 0 Å². The molecule has 0 radical (unpaired) electrons. The topological polar surface area (TPSA) is 24.5 Å². The summed E-state index contributed by atoms with van der Waals surface area (Å²) >= 11 is 6.27. The summed E-state index contributed by atoms with van der Waals surface area (Å²) in [6.45, 7) is 2.80. The van der Waals surface area contributed by atoms with E-state index in [9.17, 15) is 0 Å². The Balaban J connectivity index is 2.06. The van der Waals surface area contributed by atoms with Crippen molar-refractivity contribution in [3.8, 4) is 5.75 Å². The highest BCUT2D eigenvalue weighted by Gasteiger charge is 2.04. The fourth-order valence-corrected chi connectivity index (χ4v) is 2.58. The molecule has 2 aromatic rings. The summed E-state index contributed by atoms with van der Waals surface area (Å²) in [5, 5.41) is 4.14. The van der Waals surface area contributed by atoms with E-state index in [4.69, 9.17) is 16.3 Å². The van der Waals surface area contributed by atoms with Gasteiger partial charge in [0.1, 0.15) is 5.75 Å². The van der Waals surface area contributed by atoms with Crippen LogP contribution >= 0.6 is 11.6 Å². The minimum Gasteiger partial charge on any atom is -0.496 e. The van der Waals surface area contributed by atoms with Crippen LogP contribution in [0.1, 0.15) is 11.1 Å². The van der Waals surface area contributed by atoms with E-state index in [0.29, 0.717) is 0 Å². The highest BCUT2D eigenvalue weighted by molar-refractivity contribution is 6.33. The van der Waals surface area contributed by atoms with Gasteiger partial charge in [0.15, 0.2) is 0 Å². The number of ether oxygens (including phenoxy) is 1. The van der Waals surface area contributed by atoms with Gasteiger partial charge in [-0.2, -0.15) is 0 Å². The normalized spacial score (nSPS) is 10.3. The smallest absolute Gasteiger partial charge is 0.121 e. The van der Waals surface area contributed by atoms with Crippen LogP contribution in [0.2, 0.25) is 5.02 Å². The first kappa shape index (κ1) is 15.5. The number of aryl methyl sites for hydroxylation is 1. The third-order valence-electron chi connectivity index (χ3n) is 3.39. The van der Waals surface area contributed by atoms with E-state index >= 15 is 0 Å². The molecule has 0 bridgehead atoms. The molecule has 0 unspecified atom stereocenters. The maximum absolute atomic E-state index is 6.27. The van der Waals surface area contributed by atoms with Crippen molar-refractivity contribution in [2.45, 2.75) is 13.5 Å². The summed E-state index contributed by atoms with van der Waals surface area (Å²) in [6.07, 6.45) is 0. The van der Waals surface area contributed by atoms with E-state index in [-0.39, 0.29) is 0 Å². The van der Waals surface area contributed by atoms with E-state index in [2.05, 4.69) is 17.4 Å². The van der Waals surface area contributed by atoms with Crippen molar-refractivity contribution in [3.63, 3.8) is 0 Å². The van der Waals surface area contributed by atoms with Gasteiger partial charge in [0, 0.05) is 26.3 Å². The molecule has 0 fully saturated rings. The first-order valence-electron chi connectivity index (χ1n) is 6.85. The number of nitrogens with one attached hydrogen (secondary N) is 1. The minimum absolute atomic E-state index is 0.746. The molecule has 21 heavy (non-hydrogen) atoms. The Morgan fingerprint density at radius 1 is 1.14 bits per heavy atom. The number of hydrogen-bond donors (Lipinski definition) is 1. The zero-order chi connectivity index (χ0) is 15.4. The van der Waals surface area contributed by atoms with Crippen LogP contribution in [0.5, 0.6) is 5.75 Å². The second-order valence-electron chi connectivity index (χ2n) is 5.22. The third kappa shape index (κ3) is 3.82. The molecule has 4 heteroatoms. The molecule has 0 aliphatic heterocycles. The average Bonchev–Trinajstić information content (AvgIpc) is 2.45. The molecule has 0 saturated heterocycles. The fraction of sp³-hybridized carbons (Fsp3) is 0.294. The van der Waals surface area contributed by atoms with Gasteiger partial charge in [-0.25, -0.2) is 0 Å². The molecule has 0 saturated carbocycles. The molecule has 0 aromatic heterocycles.